The van der Waals surface area contributed by atoms with Crippen molar-refractivity contribution in [1.29, 1.82) is 0 Å². The Morgan fingerprint density at radius 1 is 1.11 bits per heavy atom. The van der Waals surface area contributed by atoms with Crippen LogP contribution in [0.25, 0.3) is 0 Å². The molecule has 0 spiro atoms. The van der Waals surface area contributed by atoms with Gasteiger partial charge in [0.2, 0.25) is 0 Å². The van der Waals surface area contributed by atoms with Crippen LogP contribution < -0.4 is 5.32 Å². The molecule has 1 saturated heterocycles. The van der Waals surface area contributed by atoms with Gasteiger partial charge in [-0.15, -0.1) is 0 Å². The minimum absolute atomic E-state index is 0.552. The number of nitrogens with zero attached hydrogens (tertiary/aromatic N) is 1. The van der Waals surface area contributed by atoms with E-state index in [0.29, 0.717) is 6.04 Å². The van der Waals surface area contributed by atoms with Gasteiger partial charge in [-0.2, -0.15) is 0 Å². The Labute approximate surface area is 118 Å². The molecule has 19 heavy (non-hydrogen) atoms. The Bertz CT molecular complexity index is 342. The second kappa shape index (κ2) is 7.66. The first-order valence-corrected chi connectivity index (χ1v) is 7.77. The summed E-state index contributed by atoms with van der Waals surface area (Å²) in [4.78, 5) is 2.64. The number of nitrogens with one attached hydrogen (secondary N) is 1. The van der Waals surface area contributed by atoms with E-state index in [0.717, 1.165) is 19.0 Å². The molecule has 0 radical (unpaired) electrons. The van der Waals surface area contributed by atoms with E-state index >= 15 is 0 Å². The second-order valence-corrected chi connectivity index (χ2v) is 6.06. The van der Waals surface area contributed by atoms with Crippen molar-refractivity contribution in [3.63, 3.8) is 0 Å². The van der Waals surface area contributed by atoms with Crippen LogP contribution in [0, 0.1) is 5.92 Å². The Morgan fingerprint density at radius 3 is 2.42 bits per heavy atom. The summed E-state index contributed by atoms with van der Waals surface area (Å²) in [7, 11) is 0. The number of likely N-dealkylation sites (tertiary alicyclic amines) is 1. The van der Waals surface area contributed by atoms with E-state index in [2.05, 4.69) is 54.4 Å². The predicted octanol–water partition coefficient (Wildman–Crippen LogP) is 3.46. The van der Waals surface area contributed by atoms with Crippen LogP contribution in [0.2, 0.25) is 0 Å². The van der Waals surface area contributed by atoms with Gasteiger partial charge in [-0.25, -0.2) is 0 Å². The van der Waals surface area contributed by atoms with Crippen LogP contribution in [0.1, 0.15) is 44.7 Å². The van der Waals surface area contributed by atoms with Crippen molar-refractivity contribution in [3.8, 4) is 0 Å². The van der Waals surface area contributed by atoms with Crippen LogP contribution in [-0.4, -0.2) is 31.1 Å². The van der Waals surface area contributed by atoms with Gasteiger partial charge in [0.15, 0.2) is 0 Å². The van der Waals surface area contributed by atoms with Crippen LogP contribution in [0.3, 0.4) is 0 Å². The molecule has 1 atom stereocenters. The molecule has 1 aliphatic heterocycles. The minimum Gasteiger partial charge on any atom is -0.315 e. The van der Waals surface area contributed by atoms with Gasteiger partial charge < -0.3 is 5.32 Å². The van der Waals surface area contributed by atoms with Crippen molar-refractivity contribution in [2.45, 2.75) is 39.2 Å². The molecule has 2 rings (SSSR count). The van der Waals surface area contributed by atoms with E-state index in [1.807, 2.05) is 0 Å². The van der Waals surface area contributed by atoms with Crippen molar-refractivity contribution in [2.75, 3.05) is 26.2 Å². The van der Waals surface area contributed by atoms with Crippen LogP contribution in [0.5, 0.6) is 0 Å². The van der Waals surface area contributed by atoms with E-state index in [9.17, 15) is 0 Å². The van der Waals surface area contributed by atoms with Crippen molar-refractivity contribution in [2.24, 2.45) is 5.92 Å². The standard InChI is InChI=1S/C17H28N2/c1-15(2)10-11-18-14-17(19-12-6-7-13-19)16-8-4-3-5-9-16/h3-5,8-9,15,17-18H,6-7,10-14H2,1-2H3. The largest absolute Gasteiger partial charge is 0.315 e. The number of rotatable bonds is 7. The summed E-state index contributed by atoms with van der Waals surface area (Å²) in [6, 6.07) is 11.5. The molecule has 1 aromatic carbocycles. The Kier molecular flexibility index (Phi) is 5.87. The van der Waals surface area contributed by atoms with Crippen molar-refractivity contribution >= 4 is 0 Å². The molecule has 0 saturated carbocycles. The average molecular weight is 260 g/mol. The quantitative estimate of drug-likeness (QED) is 0.755. The third kappa shape index (κ3) is 4.63. The smallest absolute Gasteiger partial charge is 0.0472 e. The fourth-order valence-electron chi connectivity index (χ4n) is 2.82. The zero-order chi connectivity index (χ0) is 13.5. The molecular weight excluding hydrogens is 232 g/mol. The highest BCUT2D eigenvalue weighted by atomic mass is 15.2. The number of hydrogen-bond donors (Lipinski definition) is 1. The van der Waals surface area contributed by atoms with Gasteiger partial charge in [0.1, 0.15) is 0 Å². The molecule has 1 fully saturated rings. The highest BCUT2D eigenvalue weighted by molar-refractivity contribution is 5.19. The summed E-state index contributed by atoms with van der Waals surface area (Å²) in [6.07, 6.45) is 3.98. The molecule has 1 aromatic rings. The lowest BCUT2D eigenvalue weighted by atomic mass is 10.1. The third-order valence-corrected chi connectivity index (χ3v) is 4.00. The zero-order valence-corrected chi connectivity index (χ0v) is 12.4. The van der Waals surface area contributed by atoms with Gasteiger partial charge in [-0.05, 0) is 50.4 Å². The molecule has 0 aromatic heterocycles. The lowest BCUT2D eigenvalue weighted by Crippen LogP contribution is -2.34. The van der Waals surface area contributed by atoms with Crippen LogP contribution >= 0.6 is 0 Å². The molecule has 1 aliphatic rings. The summed E-state index contributed by atoms with van der Waals surface area (Å²) >= 11 is 0. The van der Waals surface area contributed by atoms with Gasteiger partial charge in [0.25, 0.3) is 0 Å². The van der Waals surface area contributed by atoms with Gasteiger partial charge >= 0.3 is 0 Å². The Hall–Kier alpha value is -0.860. The van der Waals surface area contributed by atoms with E-state index < -0.39 is 0 Å². The monoisotopic (exact) mass is 260 g/mol. The molecule has 2 heteroatoms. The molecular formula is C17H28N2. The highest BCUT2D eigenvalue weighted by Crippen LogP contribution is 2.24. The summed E-state index contributed by atoms with van der Waals surface area (Å²) in [5, 5.41) is 3.65. The summed E-state index contributed by atoms with van der Waals surface area (Å²) in [6.45, 7) is 9.30. The molecule has 106 valence electrons. The fraction of sp³-hybridized carbons (Fsp3) is 0.647. The van der Waals surface area contributed by atoms with E-state index in [1.165, 1.54) is 37.9 Å². The van der Waals surface area contributed by atoms with Crippen molar-refractivity contribution < 1.29 is 0 Å². The number of hydrogen-bond acceptors (Lipinski definition) is 2. The lowest BCUT2D eigenvalue weighted by Gasteiger charge is -2.28. The SMILES string of the molecule is CC(C)CCNCC(c1ccccc1)N1CCCC1. The maximum atomic E-state index is 3.65. The summed E-state index contributed by atoms with van der Waals surface area (Å²) < 4.78 is 0. The van der Waals surface area contributed by atoms with Crippen LogP contribution in [0.4, 0.5) is 0 Å². The van der Waals surface area contributed by atoms with Crippen LogP contribution in [0.15, 0.2) is 30.3 Å². The van der Waals surface area contributed by atoms with Crippen LogP contribution in [-0.2, 0) is 0 Å². The average Bonchev–Trinajstić information content (AvgIpc) is 2.93. The maximum absolute atomic E-state index is 3.65. The first-order chi connectivity index (χ1) is 9.27. The molecule has 0 bridgehead atoms. The molecule has 1 unspecified atom stereocenters. The van der Waals surface area contributed by atoms with E-state index in [4.69, 9.17) is 0 Å². The Balaban J connectivity index is 1.91. The molecule has 0 amide bonds. The zero-order valence-electron chi connectivity index (χ0n) is 12.4. The molecule has 0 aliphatic carbocycles. The molecule has 1 heterocycles. The fourth-order valence-corrected chi connectivity index (χ4v) is 2.82. The van der Waals surface area contributed by atoms with Gasteiger partial charge in [-0.3, -0.25) is 4.90 Å². The topological polar surface area (TPSA) is 15.3 Å². The van der Waals surface area contributed by atoms with E-state index in [1.54, 1.807) is 0 Å². The minimum atomic E-state index is 0.552. The highest BCUT2D eigenvalue weighted by Gasteiger charge is 2.22. The normalized spacial score (nSPS) is 18.1. The molecule has 2 nitrogen and oxygen atoms in total. The predicted molar refractivity (Wildman–Crippen MR) is 82.3 cm³/mol. The van der Waals surface area contributed by atoms with Gasteiger partial charge in [0.05, 0.1) is 0 Å². The lowest BCUT2D eigenvalue weighted by molar-refractivity contribution is 0.238. The van der Waals surface area contributed by atoms with Crippen molar-refractivity contribution in [1.82, 2.24) is 10.2 Å². The summed E-state index contributed by atoms with van der Waals surface area (Å²) in [5.74, 6) is 0.787. The van der Waals surface area contributed by atoms with Crippen molar-refractivity contribution in [3.05, 3.63) is 35.9 Å². The Morgan fingerprint density at radius 2 is 1.79 bits per heavy atom. The molecule has 1 N–H and O–H groups in total. The first kappa shape index (κ1) is 14.5. The van der Waals surface area contributed by atoms with E-state index in [-0.39, 0.29) is 0 Å². The third-order valence-electron chi connectivity index (χ3n) is 4.00. The summed E-state index contributed by atoms with van der Waals surface area (Å²) in [5.41, 5.74) is 1.46. The van der Waals surface area contributed by atoms with Gasteiger partial charge in [-0.1, -0.05) is 44.2 Å². The first-order valence-electron chi connectivity index (χ1n) is 7.77. The number of benzene rings is 1. The maximum Gasteiger partial charge on any atom is 0.0472 e. The van der Waals surface area contributed by atoms with Gasteiger partial charge in [0, 0.05) is 12.6 Å². The second-order valence-electron chi connectivity index (χ2n) is 6.06.